The van der Waals surface area contributed by atoms with Crippen LogP contribution in [0.1, 0.15) is 0 Å². The summed E-state index contributed by atoms with van der Waals surface area (Å²) in [7, 11) is 0. The topological polar surface area (TPSA) is 36.4 Å². The quantitative estimate of drug-likeness (QED) is 0.775. The van der Waals surface area contributed by atoms with Crippen LogP contribution < -0.4 is 4.90 Å². The van der Waals surface area contributed by atoms with Gasteiger partial charge in [-0.05, 0) is 12.1 Å². The molecule has 1 aromatic rings. The van der Waals surface area contributed by atoms with Crippen LogP contribution in [0.5, 0.6) is 0 Å². The van der Waals surface area contributed by atoms with Crippen LogP contribution in [-0.4, -0.2) is 48.4 Å². The van der Waals surface area contributed by atoms with Gasteiger partial charge in [-0.15, -0.1) is 0 Å². The molecule has 4 nitrogen and oxygen atoms in total. The average molecular weight is 241 g/mol. The molecule has 0 aliphatic carbocycles. The Kier molecular flexibility index (Phi) is 3.51. The minimum Gasteiger partial charge on any atom is -0.353 e. The zero-order valence-electron chi connectivity index (χ0n) is 9.22. The van der Waals surface area contributed by atoms with Crippen molar-refractivity contribution in [3.8, 4) is 0 Å². The molecule has 0 unspecified atom stereocenters. The second kappa shape index (κ2) is 5.07. The van der Waals surface area contributed by atoms with Crippen molar-refractivity contribution < 1.29 is 13.6 Å². The number of carbonyl (C=O) groups excluding carboxylic acids is 1. The summed E-state index contributed by atoms with van der Waals surface area (Å²) in [5, 5.41) is 0. The van der Waals surface area contributed by atoms with Gasteiger partial charge in [0.15, 0.2) is 0 Å². The van der Waals surface area contributed by atoms with Crippen LogP contribution >= 0.6 is 0 Å². The number of alkyl halides is 2. The number of hydrogen-bond acceptors (Lipinski definition) is 3. The number of anilines is 1. The van der Waals surface area contributed by atoms with E-state index in [0.29, 0.717) is 26.2 Å². The standard InChI is InChI=1S/C11H13F2N3O/c12-10(13)11(17)16-7-5-15(6-8-16)9-3-1-2-4-14-9/h1-4,10H,5-8H2. The van der Waals surface area contributed by atoms with Crippen molar-refractivity contribution in [1.29, 1.82) is 0 Å². The van der Waals surface area contributed by atoms with Crippen LogP contribution in [0.4, 0.5) is 14.6 Å². The molecule has 0 bridgehead atoms. The van der Waals surface area contributed by atoms with Gasteiger partial charge in [0.2, 0.25) is 0 Å². The predicted octanol–water partition coefficient (Wildman–Crippen LogP) is 0.995. The molecule has 0 aromatic carbocycles. The SMILES string of the molecule is O=C(C(F)F)N1CCN(c2ccccn2)CC1. The van der Waals surface area contributed by atoms with Gasteiger partial charge in [-0.25, -0.2) is 4.98 Å². The predicted molar refractivity (Wildman–Crippen MR) is 59.0 cm³/mol. The Morgan fingerprint density at radius 3 is 2.47 bits per heavy atom. The van der Waals surface area contributed by atoms with Crippen molar-refractivity contribution in [3.05, 3.63) is 24.4 Å². The molecule has 6 heteroatoms. The van der Waals surface area contributed by atoms with Gasteiger partial charge in [0, 0.05) is 32.4 Å². The third kappa shape index (κ3) is 2.69. The Labute approximate surface area is 97.8 Å². The molecule has 0 saturated carbocycles. The first-order valence-corrected chi connectivity index (χ1v) is 5.41. The molecule has 1 aromatic heterocycles. The number of piperazine rings is 1. The third-order valence-electron chi connectivity index (χ3n) is 2.75. The molecule has 0 radical (unpaired) electrons. The van der Waals surface area contributed by atoms with Gasteiger partial charge in [-0.1, -0.05) is 6.07 Å². The zero-order chi connectivity index (χ0) is 12.3. The van der Waals surface area contributed by atoms with Gasteiger partial charge in [0.1, 0.15) is 5.82 Å². The maximum atomic E-state index is 12.2. The minimum atomic E-state index is -2.91. The molecule has 1 saturated heterocycles. The number of carbonyl (C=O) groups is 1. The number of hydrogen-bond donors (Lipinski definition) is 0. The molecule has 1 amide bonds. The average Bonchev–Trinajstić information content (AvgIpc) is 2.39. The van der Waals surface area contributed by atoms with Gasteiger partial charge in [0.05, 0.1) is 0 Å². The van der Waals surface area contributed by atoms with E-state index in [1.807, 2.05) is 23.1 Å². The Morgan fingerprint density at radius 2 is 1.94 bits per heavy atom. The van der Waals surface area contributed by atoms with Crippen molar-refractivity contribution in [2.75, 3.05) is 31.1 Å². The molecule has 1 fully saturated rings. The van der Waals surface area contributed by atoms with Crippen molar-refractivity contribution in [2.24, 2.45) is 0 Å². The van der Waals surface area contributed by atoms with E-state index in [9.17, 15) is 13.6 Å². The van der Waals surface area contributed by atoms with Crippen LogP contribution in [0.3, 0.4) is 0 Å². The minimum absolute atomic E-state index is 0.319. The lowest BCUT2D eigenvalue weighted by molar-refractivity contribution is -0.143. The third-order valence-corrected chi connectivity index (χ3v) is 2.75. The van der Waals surface area contributed by atoms with E-state index in [-0.39, 0.29) is 0 Å². The highest BCUT2D eigenvalue weighted by atomic mass is 19.3. The highest BCUT2D eigenvalue weighted by molar-refractivity contribution is 5.79. The van der Waals surface area contributed by atoms with Crippen molar-refractivity contribution in [1.82, 2.24) is 9.88 Å². The number of pyridine rings is 1. The van der Waals surface area contributed by atoms with E-state index in [1.165, 1.54) is 4.90 Å². The summed E-state index contributed by atoms with van der Waals surface area (Å²) in [6.07, 6.45) is -1.22. The molecule has 1 aliphatic rings. The highest BCUT2D eigenvalue weighted by Crippen LogP contribution is 2.13. The lowest BCUT2D eigenvalue weighted by Crippen LogP contribution is -2.50. The Balaban J connectivity index is 1.93. The van der Waals surface area contributed by atoms with Crippen LogP contribution in [0, 0.1) is 0 Å². The van der Waals surface area contributed by atoms with E-state index < -0.39 is 12.3 Å². The Morgan fingerprint density at radius 1 is 1.24 bits per heavy atom. The molecule has 0 N–H and O–H groups in total. The molecule has 2 heterocycles. The fourth-order valence-electron chi connectivity index (χ4n) is 1.83. The summed E-state index contributed by atoms with van der Waals surface area (Å²) in [5.41, 5.74) is 0. The largest absolute Gasteiger partial charge is 0.353 e. The second-order valence-corrected chi connectivity index (χ2v) is 3.80. The summed E-state index contributed by atoms with van der Waals surface area (Å²) in [4.78, 5) is 18.4. The van der Waals surface area contributed by atoms with Crippen molar-refractivity contribution >= 4 is 11.7 Å². The molecule has 1 aliphatic heterocycles. The fourth-order valence-corrected chi connectivity index (χ4v) is 1.83. The lowest BCUT2D eigenvalue weighted by atomic mass is 10.3. The number of rotatable bonds is 2. The van der Waals surface area contributed by atoms with Gasteiger partial charge < -0.3 is 9.80 Å². The number of aromatic nitrogens is 1. The van der Waals surface area contributed by atoms with E-state index in [0.717, 1.165) is 5.82 Å². The van der Waals surface area contributed by atoms with Gasteiger partial charge in [0.25, 0.3) is 5.91 Å². The fraction of sp³-hybridized carbons (Fsp3) is 0.455. The van der Waals surface area contributed by atoms with E-state index in [2.05, 4.69) is 4.98 Å². The number of nitrogens with zero attached hydrogens (tertiary/aromatic N) is 3. The van der Waals surface area contributed by atoms with Gasteiger partial charge >= 0.3 is 6.43 Å². The molecule has 92 valence electrons. The molecule has 17 heavy (non-hydrogen) atoms. The molecule has 2 rings (SSSR count). The van der Waals surface area contributed by atoms with Gasteiger partial charge in [-0.3, -0.25) is 4.79 Å². The maximum absolute atomic E-state index is 12.2. The van der Waals surface area contributed by atoms with E-state index in [1.54, 1.807) is 6.20 Å². The van der Waals surface area contributed by atoms with Gasteiger partial charge in [-0.2, -0.15) is 8.78 Å². The van der Waals surface area contributed by atoms with E-state index >= 15 is 0 Å². The first-order valence-electron chi connectivity index (χ1n) is 5.41. The smallest absolute Gasteiger partial charge is 0.315 e. The van der Waals surface area contributed by atoms with Crippen LogP contribution in [0.25, 0.3) is 0 Å². The molecular weight excluding hydrogens is 228 g/mol. The summed E-state index contributed by atoms with van der Waals surface area (Å²) in [5.74, 6) is -0.262. The summed E-state index contributed by atoms with van der Waals surface area (Å²) in [6.45, 7) is 1.71. The number of halogens is 2. The lowest BCUT2D eigenvalue weighted by Gasteiger charge is -2.35. The molecule has 0 atom stereocenters. The Hall–Kier alpha value is -1.72. The van der Waals surface area contributed by atoms with Crippen molar-refractivity contribution in [3.63, 3.8) is 0 Å². The first-order chi connectivity index (χ1) is 8.18. The zero-order valence-corrected chi connectivity index (χ0v) is 9.22. The summed E-state index contributed by atoms with van der Waals surface area (Å²) < 4.78 is 24.4. The highest BCUT2D eigenvalue weighted by Gasteiger charge is 2.27. The maximum Gasteiger partial charge on any atom is 0.315 e. The molecular formula is C11H13F2N3O. The normalized spacial score (nSPS) is 16.4. The van der Waals surface area contributed by atoms with Crippen LogP contribution in [-0.2, 0) is 4.79 Å². The molecule has 0 spiro atoms. The van der Waals surface area contributed by atoms with E-state index in [4.69, 9.17) is 0 Å². The Bertz CT molecular complexity index is 378. The summed E-state index contributed by atoms with van der Waals surface area (Å²) in [6, 6.07) is 5.56. The number of amides is 1. The van der Waals surface area contributed by atoms with Crippen molar-refractivity contribution in [2.45, 2.75) is 6.43 Å². The van der Waals surface area contributed by atoms with Crippen LogP contribution in [0.15, 0.2) is 24.4 Å². The first kappa shape index (κ1) is 11.8. The summed E-state index contributed by atoms with van der Waals surface area (Å²) >= 11 is 0. The second-order valence-electron chi connectivity index (χ2n) is 3.80. The van der Waals surface area contributed by atoms with Crippen LogP contribution in [0.2, 0.25) is 0 Å². The monoisotopic (exact) mass is 241 g/mol.